The number of thiocarbonyl (C=S) groups is 1. The molecule has 8 heteroatoms. The van der Waals surface area contributed by atoms with Crippen molar-refractivity contribution >= 4 is 34.6 Å². The summed E-state index contributed by atoms with van der Waals surface area (Å²) in [7, 11) is 0. The predicted octanol–water partition coefficient (Wildman–Crippen LogP) is 3.82. The highest BCUT2D eigenvalue weighted by atomic mass is 32.1. The lowest BCUT2D eigenvalue weighted by molar-refractivity contribution is -0.384. The van der Waals surface area contributed by atoms with Crippen molar-refractivity contribution in [1.29, 1.82) is 0 Å². The van der Waals surface area contributed by atoms with Crippen LogP contribution >= 0.6 is 12.2 Å². The zero-order valence-electron chi connectivity index (χ0n) is 14.6. The summed E-state index contributed by atoms with van der Waals surface area (Å²) in [5.41, 5.74) is 1.55. The van der Waals surface area contributed by atoms with Crippen LogP contribution in [0.15, 0.2) is 42.5 Å². The van der Waals surface area contributed by atoms with Crippen molar-refractivity contribution in [2.45, 2.75) is 26.9 Å². The molecule has 2 rings (SSSR count). The van der Waals surface area contributed by atoms with Crippen LogP contribution in [0, 0.1) is 17.0 Å². The lowest BCUT2D eigenvalue weighted by Crippen LogP contribution is -2.34. The second kappa shape index (κ2) is 8.39. The Hall–Kier alpha value is -3.00. The normalized spacial score (nSPS) is 10.3. The summed E-state index contributed by atoms with van der Waals surface area (Å²) in [6.45, 7) is 5.57. The first-order valence-corrected chi connectivity index (χ1v) is 8.31. The van der Waals surface area contributed by atoms with Crippen LogP contribution in [0.1, 0.15) is 29.8 Å². The minimum Gasteiger partial charge on any atom is -0.491 e. The molecule has 2 aromatic rings. The highest BCUT2D eigenvalue weighted by Crippen LogP contribution is 2.22. The fraction of sp³-hybridized carbons (Fsp3) is 0.222. The predicted molar refractivity (Wildman–Crippen MR) is 104 cm³/mol. The van der Waals surface area contributed by atoms with Crippen molar-refractivity contribution in [3.8, 4) is 5.75 Å². The topological polar surface area (TPSA) is 93.5 Å². The van der Waals surface area contributed by atoms with Crippen LogP contribution in [0.25, 0.3) is 0 Å². The molecule has 0 fully saturated rings. The van der Waals surface area contributed by atoms with Gasteiger partial charge in [0.1, 0.15) is 5.75 Å². The Labute approximate surface area is 156 Å². The minimum absolute atomic E-state index is 0.00657. The first kappa shape index (κ1) is 19.3. The Morgan fingerprint density at radius 2 is 1.96 bits per heavy atom. The van der Waals surface area contributed by atoms with Crippen molar-refractivity contribution in [2.75, 3.05) is 5.32 Å². The molecule has 0 aromatic heterocycles. The molecule has 1 amide bonds. The third-order valence-corrected chi connectivity index (χ3v) is 3.58. The quantitative estimate of drug-likeness (QED) is 0.470. The van der Waals surface area contributed by atoms with Crippen LogP contribution in [0.2, 0.25) is 0 Å². The highest BCUT2D eigenvalue weighted by molar-refractivity contribution is 7.80. The standard InChI is InChI=1S/C18H19N3O4S/c1-11(2)25-15-6-4-5-13(9-15)17(22)20-18(26)19-16-10-14(21(23)24)8-7-12(16)3/h4-11H,1-3H3,(H2,19,20,22,26). The first-order valence-electron chi connectivity index (χ1n) is 7.90. The number of nitrogens with zero attached hydrogens (tertiary/aromatic N) is 1. The summed E-state index contributed by atoms with van der Waals surface area (Å²) in [6, 6.07) is 11.1. The van der Waals surface area contributed by atoms with Gasteiger partial charge in [-0.25, -0.2) is 0 Å². The van der Waals surface area contributed by atoms with Gasteiger partial charge in [0.2, 0.25) is 0 Å². The number of nitrogens with one attached hydrogen (secondary N) is 2. The molecule has 0 radical (unpaired) electrons. The fourth-order valence-corrected chi connectivity index (χ4v) is 2.37. The molecule has 26 heavy (non-hydrogen) atoms. The van der Waals surface area contributed by atoms with E-state index in [1.54, 1.807) is 37.3 Å². The number of benzene rings is 2. The van der Waals surface area contributed by atoms with Gasteiger partial charge in [0.05, 0.1) is 11.0 Å². The summed E-state index contributed by atoms with van der Waals surface area (Å²) in [6.07, 6.45) is -0.00657. The van der Waals surface area contributed by atoms with Gasteiger partial charge in [-0.3, -0.25) is 20.2 Å². The Morgan fingerprint density at radius 1 is 1.23 bits per heavy atom. The molecule has 136 valence electrons. The highest BCUT2D eigenvalue weighted by Gasteiger charge is 2.13. The number of amides is 1. The third-order valence-electron chi connectivity index (χ3n) is 3.38. The Morgan fingerprint density at radius 3 is 2.62 bits per heavy atom. The number of carbonyl (C=O) groups excluding carboxylic acids is 1. The van der Waals surface area contributed by atoms with Crippen molar-refractivity contribution < 1.29 is 14.5 Å². The van der Waals surface area contributed by atoms with Crippen molar-refractivity contribution in [2.24, 2.45) is 0 Å². The van der Waals surface area contributed by atoms with Crippen LogP contribution in [-0.4, -0.2) is 22.0 Å². The lowest BCUT2D eigenvalue weighted by atomic mass is 10.2. The number of non-ortho nitro benzene ring substituents is 1. The van der Waals surface area contributed by atoms with E-state index in [-0.39, 0.29) is 16.9 Å². The van der Waals surface area contributed by atoms with Gasteiger partial charge in [-0.15, -0.1) is 0 Å². The van der Waals surface area contributed by atoms with E-state index >= 15 is 0 Å². The molecular formula is C18H19N3O4S. The summed E-state index contributed by atoms with van der Waals surface area (Å²) >= 11 is 5.14. The summed E-state index contributed by atoms with van der Waals surface area (Å²) in [5, 5.41) is 16.3. The average molecular weight is 373 g/mol. The molecule has 0 spiro atoms. The molecule has 0 aliphatic rings. The van der Waals surface area contributed by atoms with Crippen molar-refractivity contribution in [3.05, 3.63) is 63.7 Å². The molecule has 0 saturated heterocycles. The molecule has 2 N–H and O–H groups in total. The fourth-order valence-electron chi connectivity index (χ4n) is 2.17. The smallest absolute Gasteiger partial charge is 0.271 e. The SMILES string of the molecule is Cc1ccc([N+](=O)[O-])cc1NC(=S)NC(=O)c1cccc(OC(C)C)c1. The maximum atomic E-state index is 12.3. The van der Waals surface area contributed by atoms with E-state index in [9.17, 15) is 14.9 Å². The molecule has 2 aromatic carbocycles. The summed E-state index contributed by atoms with van der Waals surface area (Å²) < 4.78 is 5.56. The van der Waals surface area contributed by atoms with Gasteiger partial charge in [0.25, 0.3) is 11.6 Å². The number of rotatable bonds is 5. The number of hydrogen-bond acceptors (Lipinski definition) is 5. The molecule has 0 unspecified atom stereocenters. The number of hydrogen-bond donors (Lipinski definition) is 2. The monoisotopic (exact) mass is 373 g/mol. The van der Waals surface area contributed by atoms with Crippen LogP contribution in [0.3, 0.4) is 0 Å². The number of carbonyl (C=O) groups is 1. The third kappa shape index (κ3) is 5.25. The summed E-state index contributed by atoms with van der Waals surface area (Å²) in [4.78, 5) is 22.7. The molecular weight excluding hydrogens is 354 g/mol. The maximum Gasteiger partial charge on any atom is 0.271 e. The zero-order chi connectivity index (χ0) is 19.3. The molecule has 0 aliphatic heterocycles. The van der Waals surface area contributed by atoms with Gasteiger partial charge in [0.15, 0.2) is 5.11 Å². The second-order valence-electron chi connectivity index (χ2n) is 5.86. The van der Waals surface area contributed by atoms with Crippen molar-refractivity contribution in [3.63, 3.8) is 0 Å². The van der Waals surface area contributed by atoms with E-state index in [4.69, 9.17) is 17.0 Å². The minimum atomic E-state index is -0.494. The molecule has 7 nitrogen and oxygen atoms in total. The average Bonchev–Trinajstić information content (AvgIpc) is 2.56. The van der Waals surface area contributed by atoms with E-state index < -0.39 is 10.8 Å². The Bertz CT molecular complexity index is 852. The Kier molecular flexibility index (Phi) is 6.24. The van der Waals surface area contributed by atoms with Crippen LogP contribution in [-0.2, 0) is 0 Å². The van der Waals surface area contributed by atoms with Gasteiger partial charge >= 0.3 is 0 Å². The van der Waals surface area contributed by atoms with Gasteiger partial charge in [-0.2, -0.15) is 0 Å². The number of aryl methyl sites for hydroxylation is 1. The number of nitro groups is 1. The van der Waals surface area contributed by atoms with Gasteiger partial charge in [0, 0.05) is 23.4 Å². The number of nitro benzene ring substituents is 1. The molecule has 0 aliphatic carbocycles. The van der Waals surface area contributed by atoms with Crippen LogP contribution in [0.5, 0.6) is 5.75 Å². The summed E-state index contributed by atoms with van der Waals surface area (Å²) in [5.74, 6) is 0.181. The maximum absolute atomic E-state index is 12.3. The van der Waals surface area contributed by atoms with Crippen LogP contribution < -0.4 is 15.4 Å². The van der Waals surface area contributed by atoms with Gasteiger partial charge < -0.3 is 10.1 Å². The van der Waals surface area contributed by atoms with E-state index in [1.807, 2.05) is 13.8 Å². The van der Waals surface area contributed by atoms with E-state index in [0.29, 0.717) is 17.0 Å². The second-order valence-corrected chi connectivity index (χ2v) is 6.27. The van der Waals surface area contributed by atoms with Gasteiger partial charge in [-0.1, -0.05) is 12.1 Å². The lowest BCUT2D eigenvalue weighted by Gasteiger charge is -2.13. The molecule has 0 bridgehead atoms. The molecule has 0 heterocycles. The molecule has 0 saturated carbocycles. The van der Waals surface area contributed by atoms with Crippen molar-refractivity contribution in [1.82, 2.24) is 5.32 Å². The number of ether oxygens (including phenoxy) is 1. The first-order chi connectivity index (χ1) is 12.3. The van der Waals surface area contributed by atoms with E-state index in [2.05, 4.69) is 10.6 Å². The molecule has 0 atom stereocenters. The van der Waals surface area contributed by atoms with E-state index in [0.717, 1.165) is 5.56 Å². The van der Waals surface area contributed by atoms with E-state index in [1.165, 1.54) is 12.1 Å². The van der Waals surface area contributed by atoms with Gasteiger partial charge in [-0.05, 0) is 56.8 Å². The largest absolute Gasteiger partial charge is 0.491 e. The Balaban J connectivity index is 2.07. The van der Waals surface area contributed by atoms with Crippen LogP contribution in [0.4, 0.5) is 11.4 Å². The number of anilines is 1. The zero-order valence-corrected chi connectivity index (χ0v) is 15.4.